The zero-order chi connectivity index (χ0) is 47.0. The van der Waals surface area contributed by atoms with E-state index < -0.39 is 42.3 Å². The van der Waals surface area contributed by atoms with Gasteiger partial charge in [-0.2, -0.15) is 0 Å². The molecule has 0 saturated carbocycles. The number of aromatic nitrogens is 3. The molecule has 0 bridgehead atoms. The number of amides is 6. The molecule has 0 aliphatic carbocycles. The molecule has 7 rings (SSSR count). The number of hydrogen-bond donors (Lipinski definition) is 5. The number of halogens is 3. The number of aliphatic hydroxyl groups is 1. The average molecular weight is 918 g/mol. The third-order valence-electron chi connectivity index (χ3n) is 11.6. The molecule has 2 aromatic heterocycles. The molecular formula is C45H50F3N9O9. The number of hydrogen-bond acceptors (Lipinski definition) is 12. The predicted molar refractivity (Wildman–Crippen MR) is 229 cm³/mol. The molecule has 18 nitrogen and oxygen atoms in total. The summed E-state index contributed by atoms with van der Waals surface area (Å²) in [6, 6.07) is 10.8. The summed E-state index contributed by atoms with van der Waals surface area (Å²) in [4.78, 5) is 86.6. The molecule has 21 heteroatoms. The first-order chi connectivity index (χ1) is 31.6. The third kappa shape index (κ3) is 11.8. The normalized spacial score (nSPS) is 17.6. The number of benzene rings is 2. The van der Waals surface area contributed by atoms with E-state index >= 15 is 0 Å². The van der Waals surface area contributed by atoms with Crippen LogP contribution < -0.4 is 31.2 Å². The van der Waals surface area contributed by atoms with Crippen LogP contribution in [0.15, 0.2) is 67.3 Å². The van der Waals surface area contributed by atoms with Crippen molar-refractivity contribution in [1.82, 2.24) is 35.0 Å². The Balaban J connectivity index is 0.784. The largest absolute Gasteiger partial charge is 0.573 e. The van der Waals surface area contributed by atoms with Crippen molar-refractivity contribution in [2.24, 2.45) is 5.73 Å². The number of anilines is 1. The molecule has 6 amide bonds. The van der Waals surface area contributed by atoms with Gasteiger partial charge in [0.15, 0.2) is 6.23 Å². The van der Waals surface area contributed by atoms with Gasteiger partial charge in [-0.15, -0.1) is 13.2 Å². The van der Waals surface area contributed by atoms with Gasteiger partial charge in [0, 0.05) is 93.2 Å². The number of carbonyl (C=O) groups excluding carboxylic acids is 6. The summed E-state index contributed by atoms with van der Waals surface area (Å²) < 4.78 is 49.2. The van der Waals surface area contributed by atoms with Crippen LogP contribution in [0, 0.1) is 0 Å². The number of nitrogens with zero attached hydrogens (tertiary/aromatic N) is 5. The number of nitrogens with one attached hydrogen (secondary N) is 3. The lowest BCUT2D eigenvalue weighted by Gasteiger charge is -2.32. The fourth-order valence-electron chi connectivity index (χ4n) is 8.17. The van der Waals surface area contributed by atoms with Crippen LogP contribution in [-0.2, 0) is 32.1 Å². The maximum absolute atomic E-state index is 13.1. The van der Waals surface area contributed by atoms with Gasteiger partial charge in [-0.1, -0.05) is 18.2 Å². The Bertz CT molecular complexity index is 2440. The van der Waals surface area contributed by atoms with Crippen LogP contribution >= 0.6 is 0 Å². The molecular weight excluding hydrogens is 868 g/mol. The molecule has 3 aliphatic rings. The van der Waals surface area contributed by atoms with Crippen LogP contribution in [0.1, 0.15) is 95.9 Å². The molecule has 66 heavy (non-hydrogen) atoms. The van der Waals surface area contributed by atoms with Crippen molar-refractivity contribution in [1.29, 1.82) is 0 Å². The molecule has 3 aliphatic heterocycles. The van der Waals surface area contributed by atoms with Crippen molar-refractivity contribution in [3.63, 3.8) is 0 Å². The highest BCUT2D eigenvalue weighted by Crippen LogP contribution is 2.39. The molecule has 0 spiro atoms. The van der Waals surface area contributed by atoms with Crippen molar-refractivity contribution in [2.75, 3.05) is 31.5 Å². The Hall–Kier alpha value is -7.03. The number of piperidine rings is 2. The second kappa shape index (κ2) is 20.9. The Morgan fingerprint density at radius 2 is 1.71 bits per heavy atom. The number of aliphatic hydroxyl groups excluding tert-OH is 1. The number of rotatable bonds is 19. The summed E-state index contributed by atoms with van der Waals surface area (Å²) in [7, 11) is 0. The lowest BCUT2D eigenvalue weighted by atomic mass is 10.0. The summed E-state index contributed by atoms with van der Waals surface area (Å²) in [5.74, 6) is -2.77. The molecule has 2 aromatic carbocycles. The van der Waals surface area contributed by atoms with Crippen molar-refractivity contribution >= 4 is 41.1 Å². The average Bonchev–Trinajstić information content (AvgIpc) is 3.85. The highest BCUT2D eigenvalue weighted by atomic mass is 19.4. The van der Waals surface area contributed by atoms with Crippen LogP contribution in [0.2, 0.25) is 0 Å². The van der Waals surface area contributed by atoms with Crippen LogP contribution in [0.25, 0.3) is 11.3 Å². The first-order valence-electron chi connectivity index (χ1n) is 21.7. The van der Waals surface area contributed by atoms with Gasteiger partial charge in [0.05, 0.1) is 18.4 Å². The molecule has 5 heterocycles. The predicted octanol–water partition coefficient (Wildman–Crippen LogP) is 3.99. The summed E-state index contributed by atoms with van der Waals surface area (Å²) >= 11 is 0. The highest BCUT2D eigenvalue weighted by Gasteiger charge is 2.45. The maximum atomic E-state index is 13.1. The third-order valence-corrected chi connectivity index (χ3v) is 11.6. The molecule has 6 N–H and O–H groups in total. The van der Waals surface area contributed by atoms with Crippen LogP contribution in [0.5, 0.6) is 11.6 Å². The Morgan fingerprint density at radius 1 is 0.955 bits per heavy atom. The second-order valence-electron chi connectivity index (χ2n) is 16.3. The summed E-state index contributed by atoms with van der Waals surface area (Å²) in [6.45, 7) is 2.36. The van der Waals surface area contributed by atoms with Gasteiger partial charge in [0.1, 0.15) is 23.5 Å². The van der Waals surface area contributed by atoms with Crippen molar-refractivity contribution in [2.45, 2.75) is 95.5 Å². The van der Waals surface area contributed by atoms with E-state index in [1.165, 1.54) is 24.3 Å². The van der Waals surface area contributed by atoms with E-state index in [2.05, 4.69) is 30.7 Å². The number of aryl methyl sites for hydroxylation is 1. The monoisotopic (exact) mass is 917 g/mol. The van der Waals surface area contributed by atoms with E-state index in [1.807, 2.05) is 10.8 Å². The number of imidazole rings is 1. The first kappa shape index (κ1) is 46.9. The molecule has 4 aromatic rings. The minimum Gasteiger partial charge on any atom is -0.474 e. The Labute approximate surface area is 377 Å². The van der Waals surface area contributed by atoms with E-state index in [4.69, 9.17) is 10.5 Å². The Kier molecular flexibility index (Phi) is 14.8. The van der Waals surface area contributed by atoms with E-state index in [1.54, 1.807) is 41.7 Å². The lowest BCUT2D eigenvalue weighted by Crippen LogP contribution is -2.53. The van der Waals surface area contributed by atoms with Gasteiger partial charge < -0.3 is 40.4 Å². The smallest absolute Gasteiger partial charge is 0.474 e. The maximum Gasteiger partial charge on any atom is 0.573 e. The van der Waals surface area contributed by atoms with Gasteiger partial charge >= 0.3 is 6.36 Å². The summed E-state index contributed by atoms with van der Waals surface area (Å²) in [5.41, 5.74) is 8.71. The zero-order valence-corrected chi connectivity index (χ0v) is 35.9. The quantitative estimate of drug-likeness (QED) is 0.0663. The number of carbonyl (C=O) groups is 6. The number of alkyl halides is 3. The molecule has 2 atom stereocenters. The topological polar surface area (TPSA) is 240 Å². The van der Waals surface area contributed by atoms with Gasteiger partial charge in [-0.25, -0.2) is 9.97 Å². The minimum atomic E-state index is -4.80. The van der Waals surface area contributed by atoms with Crippen LogP contribution in [0.4, 0.5) is 18.9 Å². The number of ether oxygens (including phenoxy) is 2. The summed E-state index contributed by atoms with van der Waals surface area (Å²) in [5, 5.41) is 19.5. The molecule has 350 valence electrons. The number of pyridine rings is 1. The molecule has 2 fully saturated rings. The second-order valence-corrected chi connectivity index (χ2v) is 16.3. The van der Waals surface area contributed by atoms with E-state index in [0.29, 0.717) is 98.5 Å². The van der Waals surface area contributed by atoms with E-state index in [0.717, 1.165) is 17.7 Å². The molecule has 0 radical (unpaired) electrons. The van der Waals surface area contributed by atoms with Crippen molar-refractivity contribution < 1.29 is 56.5 Å². The number of likely N-dealkylation sites (tertiary alicyclic amines) is 1. The highest BCUT2D eigenvalue weighted by molar-refractivity contribution is 6.06. The minimum absolute atomic E-state index is 0.0148. The number of imide groups is 1. The fourth-order valence-corrected chi connectivity index (χ4v) is 8.17. The van der Waals surface area contributed by atoms with Gasteiger partial charge in [0.2, 0.25) is 29.5 Å². The SMILES string of the molecule is NC(=O)c1cc(-c2cn(CCCCNC(=O)CCCCNc3cccc4c3C(O)N(C3CCC(=O)NC3=O)C4=O)cn2)cnc1OC1CCN(C(=O)Cc2ccc(OC(F)(F)F)cc2)CC1. The molecule has 2 saturated heterocycles. The van der Waals surface area contributed by atoms with E-state index in [-0.39, 0.29) is 54.4 Å². The summed E-state index contributed by atoms with van der Waals surface area (Å²) in [6.07, 6.45) is 2.76. The Morgan fingerprint density at radius 3 is 2.44 bits per heavy atom. The number of nitrogens with two attached hydrogens (primary N) is 1. The standard InChI is InChI=1S/C45H50F3N9O9/c46-45(47,48)66-30-11-9-27(10-12-30)22-38(60)56-20-15-29(16-21-56)65-42-32(40(49)61)23-28(24-52-42)34-25-55(26-53-34)19-4-3-18-51-36(58)8-1-2-17-50-33-7-5-6-31-39(33)44(64)57(43(31)63)35-13-14-37(59)54-41(35)62/h5-7,9-12,23-26,29,35,44,50,64H,1-4,8,13-22H2,(H2,49,61)(H,51,58)(H,54,59,62). The number of primary amides is 1. The van der Waals surface area contributed by atoms with Gasteiger partial charge in [0.25, 0.3) is 11.8 Å². The van der Waals surface area contributed by atoms with Crippen molar-refractivity contribution in [3.8, 4) is 22.9 Å². The molecule has 2 unspecified atom stereocenters. The number of unbranched alkanes of at least 4 members (excludes halogenated alkanes) is 2. The fraction of sp³-hybridized carbons (Fsp3) is 0.422. The van der Waals surface area contributed by atoms with Crippen LogP contribution in [-0.4, -0.2) is 110 Å². The zero-order valence-electron chi connectivity index (χ0n) is 35.9. The van der Waals surface area contributed by atoms with Crippen LogP contribution in [0.3, 0.4) is 0 Å². The lowest BCUT2D eigenvalue weighted by molar-refractivity contribution is -0.274. The first-order valence-corrected chi connectivity index (χ1v) is 21.7. The van der Waals surface area contributed by atoms with Crippen molar-refractivity contribution in [3.05, 3.63) is 89.5 Å². The van der Waals surface area contributed by atoms with Gasteiger partial charge in [-0.3, -0.25) is 39.0 Å². The van der Waals surface area contributed by atoms with E-state index in [9.17, 15) is 47.0 Å². The number of fused-ring (bicyclic) bond motifs is 1. The van der Waals surface area contributed by atoms with Gasteiger partial charge in [-0.05, 0) is 68.0 Å².